The minimum atomic E-state index is -0.966. The van der Waals surface area contributed by atoms with Gasteiger partial charge in [-0.25, -0.2) is 0 Å². The number of rotatable bonds is 6. The minimum absolute atomic E-state index is 0.0273. The molecule has 3 rings (SSSR count). The number of aryl methyl sites for hydroxylation is 1. The molecule has 0 radical (unpaired) electrons. The minimum Gasteiger partial charge on any atom is -0.504 e. The van der Waals surface area contributed by atoms with Crippen LogP contribution in [0.25, 0.3) is 0 Å². The van der Waals surface area contributed by atoms with Crippen molar-refractivity contribution >= 4 is 0 Å². The van der Waals surface area contributed by atoms with E-state index in [1.807, 2.05) is 19.1 Å². The summed E-state index contributed by atoms with van der Waals surface area (Å²) in [5, 5.41) is 33.8. The van der Waals surface area contributed by atoms with E-state index in [1.165, 1.54) is 5.56 Å². The monoisotopic (exact) mass is 525 g/mol. The average molecular weight is 526 g/mol. The molecule has 5 nitrogen and oxygen atoms in total. The second-order valence-electron chi connectivity index (χ2n) is 13.0. The molecule has 212 valence electrons. The van der Waals surface area contributed by atoms with E-state index in [4.69, 9.17) is 4.74 Å². The van der Waals surface area contributed by atoms with Crippen molar-refractivity contribution in [1.29, 1.82) is 0 Å². The molecule has 2 aromatic rings. The molecule has 0 aliphatic carbocycles. The van der Waals surface area contributed by atoms with Crippen molar-refractivity contribution in [3.63, 3.8) is 0 Å². The Bertz CT molecular complexity index is 1040. The van der Waals surface area contributed by atoms with Crippen LogP contribution < -0.4 is 0 Å². The van der Waals surface area contributed by atoms with Crippen LogP contribution in [0.15, 0.2) is 42.5 Å². The summed E-state index contributed by atoms with van der Waals surface area (Å²) in [6.45, 7) is 16.5. The molecular formula is C33H51NO4. The molecule has 0 aromatic heterocycles. The fraction of sp³-hybridized carbons (Fsp3) is 0.636. The lowest BCUT2D eigenvalue weighted by Gasteiger charge is -2.49. The molecule has 0 amide bonds. The Kier molecular flexibility index (Phi) is 9.60. The SMILES string of the molecule is CCc1ccc(O)c(O)c1C1(C)CCN(Cc2ccccc2)C(C)CCC([C@](C)(O)C(C)(C)C)C(OC)C1. The molecule has 3 N–H and O–H groups in total. The zero-order chi connectivity index (χ0) is 28.3. The predicted octanol–water partition coefficient (Wildman–Crippen LogP) is 6.81. The van der Waals surface area contributed by atoms with Gasteiger partial charge in [-0.15, -0.1) is 0 Å². The summed E-state index contributed by atoms with van der Waals surface area (Å²) < 4.78 is 6.22. The fourth-order valence-corrected chi connectivity index (χ4v) is 6.41. The van der Waals surface area contributed by atoms with Crippen LogP contribution >= 0.6 is 0 Å². The quantitative estimate of drug-likeness (QED) is 0.361. The van der Waals surface area contributed by atoms with Gasteiger partial charge in [-0.3, -0.25) is 4.90 Å². The Hall–Kier alpha value is -2.08. The van der Waals surface area contributed by atoms with Crippen molar-refractivity contribution in [2.75, 3.05) is 13.7 Å². The van der Waals surface area contributed by atoms with Crippen LogP contribution in [0.1, 0.15) is 90.8 Å². The number of benzene rings is 2. The maximum atomic E-state index is 12.0. The molecular weight excluding hydrogens is 474 g/mol. The zero-order valence-electron chi connectivity index (χ0n) is 24.9. The van der Waals surface area contributed by atoms with E-state index in [9.17, 15) is 15.3 Å². The topological polar surface area (TPSA) is 73.2 Å². The lowest BCUT2D eigenvalue weighted by Crippen LogP contribution is -2.53. The summed E-state index contributed by atoms with van der Waals surface area (Å²) >= 11 is 0. The largest absolute Gasteiger partial charge is 0.504 e. The average Bonchev–Trinajstić information content (AvgIpc) is 2.86. The summed E-state index contributed by atoms with van der Waals surface area (Å²) in [5.74, 6) is -0.215. The van der Waals surface area contributed by atoms with Gasteiger partial charge in [0.15, 0.2) is 11.5 Å². The molecule has 5 atom stereocenters. The van der Waals surface area contributed by atoms with Crippen molar-refractivity contribution in [3.8, 4) is 11.5 Å². The Morgan fingerprint density at radius 1 is 1.03 bits per heavy atom. The van der Waals surface area contributed by atoms with Crippen LogP contribution in [0.2, 0.25) is 0 Å². The number of hydrogen-bond acceptors (Lipinski definition) is 5. The summed E-state index contributed by atoms with van der Waals surface area (Å²) in [5.41, 5.74) is 1.34. The Morgan fingerprint density at radius 3 is 2.26 bits per heavy atom. The molecule has 38 heavy (non-hydrogen) atoms. The van der Waals surface area contributed by atoms with E-state index in [2.05, 4.69) is 70.7 Å². The summed E-state index contributed by atoms with van der Waals surface area (Å²) in [7, 11) is 1.75. The molecule has 5 heteroatoms. The number of ether oxygens (including phenoxy) is 1. The number of aliphatic hydroxyl groups is 1. The van der Waals surface area contributed by atoms with Crippen molar-refractivity contribution in [1.82, 2.24) is 4.90 Å². The Balaban J connectivity index is 2.14. The first kappa shape index (κ1) is 30.5. The number of hydrogen-bond donors (Lipinski definition) is 3. The van der Waals surface area contributed by atoms with E-state index in [0.29, 0.717) is 12.5 Å². The van der Waals surface area contributed by atoms with Crippen LogP contribution in [0.5, 0.6) is 11.5 Å². The maximum Gasteiger partial charge on any atom is 0.161 e. The molecule has 1 aliphatic heterocycles. The highest BCUT2D eigenvalue weighted by Gasteiger charge is 2.48. The van der Waals surface area contributed by atoms with Crippen LogP contribution in [-0.2, 0) is 23.1 Å². The molecule has 1 fully saturated rings. The van der Waals surface area contributed by atoms with E-state index in [1.54, 1.807) is 13.2 Å². The van der Waals surface area contributed by atoms with Crippen LogP contribution in [0.3, 0.4) is 0 Å². The van der Waals surface area contributed by atoms with Crippen LogP contribution in [0.4, 0.5) is 0 Å². The number of phenolic OH excluding ortho intramolecular Hbond substituents is 2. The summed E-state index contributed by atoms with van der Waals surface area (Å²) in [6.07, 6.45) is 3.75. The molecule has 1 aliphatic rings. The number of nitrogens with zero attached hydrogens (tertiary/aromatic N) is 1. The molecule has 1 heterocycles. The van der Waals surface area contributed by atoms with Crippen molar-refractivity contribution in [3.05, 3.63) is 59.2 Å². The van der Waals surface area contributed by atoms with Gasteiger partial charge in [0, 0.05) is 36.6 Å². The third-order valence-electron chi connectivity index (χ3n) is 9.57. The second kappa shape index (κ2) is 12.0. The molecule has 1 saturated heterocycles. The molecule has 0 spiro atoms. The maximum absolute atomic E-state index is 12.0. The Morgan fingerprint density at radius 2 is 1.68 bits per heavy atom. The first-order valence-corrected chi connectivity index (χ1v) is 14.3. The summed E-state index contributed by atoms with van der Waals surface area (Å²) in [6, 6.07) is 14.4. The van der Waals surface area contributed by atoms with Gasteiger partial charge in [0.1, 0.15) is 0 Å². The highest BCUT2D eigenvalue weighted by Crippen LogP contribution is 2.49. The number of methoxy groups -OCH3 is 1. The fourth-order valence-electron chi connectivity index (χ4n) is 6.41. The molecule has 4 unspecified atom stereocenters. The smallest absolute Gasteiger partial charge is 0.161 e. The molecule has 0 saturated carbocycles. The normalized spacial score (nSPS) is 27.6. The predicted molar refractivity (Wildman–Crippen MR) is 156 cm³/mol. The number of aromatic hydroxyl groups is 2. The first-order chi connectivity index (χ1) is 17.7. The van der Waals surface area contributed by atoms with E-state index in [0.717, 1.165) is 49.9 Å². The lowest BCUT2D eigenvalue weighted by atomic mass is 9.63. The van der Waals surface area contributed by atoms with Gasteiger partial charge in [-0.05, 0) is 75.1 Å². The lowest BCUT2D eigenvalue weighted by molar-refractivity contribution is -0.142. The summed E-state index contributed by atoms with van der Waals surface area (Å²) in [4.78, 5) is 2.54. The standard InChI is InChI=1S/C33H51NO4/c1-9-25-16-18-27(35)30(36)29(25)32(6)19-20-34(22-24-13-11-10-12-14-24)23(2)15-17-26(28(21-32)38-8)33(7,37)31(3,4)5/h10-14,16,18,23,26,28,35-37H,9,15,17,19-22H2,1-8H3/t23?,26?,28?,32?,33-/m0/s1. The highest BCUT2D eigenvalue weighted by atomic mass is 16.5. The van der Waals surface area contributed by atoms with Gasteiger partial charge in [0.25, 0.3) is 0 Å². The van der Waals surface area contributed by atoms with Gasteiger partial charge in [0.2, 0.25) is 0 Å². The third-order valence-corrected chi connectivity index (χ3v) is 9.57. The van der Waals surface area contributed by atoms with Crippen molar-refractivity contribution in [2.45, 2.75) is 110 Å². The van der Waals surface area contributed by atoms with Gasteiger partial charge in [-0.1, -0.05) is 71.0 Å². The van der Waals surface area contributed by atoms with Crippen LogP contribution in [0, 0.1) is 11.3 Å². The molecule has 2 aromatic carbocycles. The van der Waals surface area contributed by atoms with Crippen LogP contribution in [-0.4, -0.2) is 51.6 Å². The van der Waals surface area contributed by atoms with E-state index in [-0.39, 0.29) is 28.9 Å². The highest BCUT2D eigenvalue weighted by molar-refractivity contribution is 5.53. The van der Waals surface area contributed by atoms with Crippen molar-refractivity contribution < 1.29 is 20.1 Å². The van der Waals surface area contributed by atoms with Gasteiger partial charge in [-0.2, -0.15) is 0 Å². The number of phenols is 2. The molecule has 0 bridgehead atoms. The van der Waals surface area contributed by atoms with Gasteiger partial charge >= 0.3 is 0 Å². The van der Waals surface area contributed by atoms with Gasteiger partial charge < -0.3 is 20.1 Å². The van der Waals surface area contributed by atoms with Gasteiger partial charge in [0.05, 0.1) is 11.7 Å². The Labute approximate surface area is 230 Å². The van der Waals surface area contributed by atoms with E-state index >= 15 is 0 Å². The zero-order valence-corrected chi connectivity index (χ0v) is 24.9. The third kappa shape index (κ3) is 6.38. The van der Waals surface area contributed by atoms with E-state index < -0.39 is 11.0 Å². The van der Waals surface area contributed by atoms with Crippen molar-refractivity contribution in [2.24, 2.45) is 11.3 Å². The first-order valence-electron chi connectivity index (χ1n) is 14.3. The second-order valence-corrected chi connectivity index (χ2v) is 13.0.